The normalized spacial score (nSPS) is 14.0. The van der Waals surface area contributed by atoms with Crippen molar-refractivity contribution in [2.24, 2.45) is 0 Å². The number of rotatable bonds is 8. The Morgan fingerprint density at radius 1 is 1.35 bits per heavy atom. The predicted molar refractivity (Wildman–Crippen MR) is 83.9 cm³/mol. The lowest BCUT2D eigenvalue weighted by Gasteiger charge is -2.25. The number of hydrogen-bond donors (Lipinski definition) is 2. The zero-order chi connectivity index (χ0) is 17.7. The van der Waals surface area contributed by atoms with E-state index < -0.39 is 27.3 Å². The number of ether oxygens (including phenoxy) is 1. The van der Waals surface area contributed by atoms with Crippen molar-refractivity contribution in [2.75, 3.05) is 19.5 Å². The average Bonchev–Trinajstić information content (AvgIpc) is 2.47. The zero-order valence-corrected chi connectivity index (χ0v) is 14.1. The first-order valence-electron chi connectivity index (χ1n) is 6.99. The van der Waals surface area contributed by atoms with Crippen molar-refractivity contribution < 1.29 is 27.9 Å². The number of carbonyl (C=O) groups excluding carboxylic acids is 1. The van der Waals surface area contributed by atoms with E-state index in [1.54, 1.807) is 12.1 Å². The molecule has 0 aromatic heterocycles. The molecule has 0 aliphatic rings. The van der Waals surface area contributed by atoms with Gasteiger partial charge in [-0.25, -0.2) is 13.2 Å². The number of benzene rings is 1. The Morgan fingerprint density at radius 3 is 2.52 bits per heavy atom. The van der Waals surface area contributed by atoms with Gasteiger partial charge in [-0.1, -0.05) is 19.1 Å². The Kier molecular flexibility index (Phi) is 6.28. The molecule has 0 saturated heterocycles. The Bertz CT molecular complexity index is 685. The van der Waals surface area contributed by atoms with Gasteiger partial charge in [-0.2, -0.15) is 0 Å². The van der Waals surface area contributed by atoms with Crippen molar-refractivity contribution in [1.29, 1.82) is 0 Å². The smallest absolute Gasteiger partial charge is 0.331 e. The number of methoxy groups -OCH3 is 1. The molecular formula is C15H21NO6S. The third-order valence-corrected chi connectivity index (χ3v) is 5.05. The lowest BCUT2D eigenvalue weighted by molar-refractivity contribution is -0.149. The molecule has 1 atom stereocenters. The van der Waals surface area contributed by atoms with Gasteiger partial charge in [0.15, 0.2) is 15.4 Å². The van der Waals surface area contributed by atoms with Crippen molar-refractivity contribution in [3.8, 4) is 0 Å². The van der Waals surface area contributed by atoms with E-state index in [0.29, 0.717) is 5.56 Å². The third kappa shape index (κ3) is 5.04. The van der Waals surface area contributed by atoms with Gasteiger partial charge in [-0.05, 0) is 24.6 Å². The van der Waals surface area contributed by atoms with Crippen LogP contribution in [0.2, 0.25) is 0 Å². The quantitative estimate of drug-likeness (QED) is 0.716. The monoisotopic (exact) mass is 343 g/mol. The van der Waals surface area contributed by atoms with Gasteiger partial charge >= 0.3 is 5.97 Å². The molecule has 1 amide bonds. The van der Waals surface area contributed by atoms with Gasteiger partial charge < -0.3 is 15.2 Å². The Labute approximate surface area is 135 Å². The van der Waals surface area contributed by atoms with Gasteiger partial charge in [0.05, 0.1) is 23.7 Å². The number of amides is 1. The fourth-order valence-electron chi connectivity index (χ4n) is 1.99. The van der Waals surface area contributed by atoms with E-state index in [4.69, 9.17) is 4.74 Å². The van der Waals surface area contributed by atoms with Crippen LogP contribution in [-0.2, 0) is 30.6 Å². The summed E-state index contributed by atoms with van der Waals surface area (Å²) in [5, 5.41) is 11.6. The SMILES string of the molecule is CCS(=O)(=O)c1cccc(CC(=O)NC(C)(COC)C(=O)O)c1. The minimum atomic E-state index is -3.36. The van der Waals surface area contributed by atoms with Crippen LogP contribution in [0.15, 0.2) is 29.2 Å². The Hall–Kier alpha value is -1.93. The van der Waals surface area contributed by atoms with Crippen LogP contribution >= 0.6 is 0 Å². The number of carbonyl (C=O) groups is 2. The second-order valence-corrected chi connectivity index (χ2v) is 7.62. The molecule has 0 aliphatic heterocycles. The molecule has 1 aromatic carbocycles. The molecule has 7 nitrogen and oxygen atoms in total. The maximum atomic E-state index is 12.1. The fraction of sp³-hybridized carbons (Fsp3) is 0.467. The first-order chi connectivity index (χ1) is 10.6. The third-order valence-electron chi connectivity index (χ3n) is 3.32. The first-order valence-corrected chi connectivity index (χ1v) is 8.65. The number of hydrogen-bond acceptors (Lipinski definition) is 5. The molecule has 0 saturated carbocycles. The molecule has 8 heteroatoms. The van der Waals surface area contributed by atoms with E-state index in [9.17, 15) is 23.1 Å². The van der Waals surface area contributed by atoms with Crippen LogP contribution < -0.4 is 5.32 Å². The largest absolute Gasteiger partial charge is 0.479 e. The number of carboxylic acid groups (broad SMARTS) is 1. The minimum Gasteiger partial charge on any atom is -0.479 e. The summed E-state index contributed by atoms with van der Waals surface area (Å²) in [6.45, 7) is 2.70. The van der Waals surface area contributed by atoms with E-state index in [0.717, 1.165) is 0 Å². The maximum absolute atomic E-state index is 12.1. The highest BCUT2D eigenvalue weighted by atomic mass is 32.2. The molecule has 1 rings (SSSR count). The summed E-state index contributed by atoms with van der Waals surface area (Å²) in [6, 6.07) is 6.05. The number of sulfone groups is 1. The Balaban J connectivity index is 2.90. The highest BCUT2D eigenvalue weighted by Gasteiger charge is 2.34. The molecule has 23 heavy (non-hydrogen) atoms. The minimum absolute atomic E-state index is 0.0342. The summed E-state index contributed by atoms with van der Waals surface area (Å²) in [7, 11) is -2.02. The van der Waals surface area contributed by atoms with Crippen molar-refractivity contribution in [3.63, 3.8) is 0 Å². The van der Waals surface area contributed by atoms with E-state index in [1.807, 2.05) is 0 Å². The van der Waals surface area contributed by atoms with E-state index >= 15 is 0 Å². The first kappa shape index (κ1) is 19.1. The van der Waals surface area contributed by atoms with E-state index in [-0.39, 0.29) is 23.7 Å². The van der Waals surface area contributed by atoms with E-state index in [1.165, 1.54) is 33.1 Å². The molecule has 0 radical (unpaired) electrons. The maximum Gasteiger partial charge on any atom is 0.331 e. The molecule has 1 aromatic rings. The summed E-state index contributed by atoms with van der Waals surface area (Å²) in [5.74, 6) is -1.78. The molecule has 0 fully saturated rings. The standard InChI is InChI=1S/C15H21NO6S/c1-4-23(20,21)12-7-5-6-11(8-12)9-13(17)16-15(2,10-22-3)14(18)19/h5-8H,4,9-10H2,1-3H3,(H,16,17)(H,18,19). The van der Waals surface area contributed by atoms with Crippen molar-refractivity contribution in [2.45, 2.75) is 30.7 Å². The number of aliphatic carboxylic acids is 1. The van der Waals surface area contributed by atoms with Crippen LogP contribution in [0.4, 0.5) is 0 Å². The molecule has 0 spiro atoms. The summed E-state index contributed by atoms with van der Waals surface area (Å²) < 4.78 is 28.5. The van der Waals surface area contributed by atoms with Gasteiger partial charge in [0.25, 0.3) is 0 Å². The second kappa shape index (κ2) is 7.56. The van der Waals surface area contributed by atoms with Crippen molar-refractivity contribution >= 4 is 21.7 Å². The highest BCUT2D eigenvalue weighted by Crippen LogP contribution is 2.14. The lowest BCUT2D eigenvalue weighted by atomic mass is 10.0. The average molecular weight is 343 g/mol. The van der Waals surface area contributed by atoms with E-state index in [2.05, 4.69) is 5.32 Å². The van der Waals surface area contributed by atoms with Gasteiger partial charge in [-0.3, -0.25) is 4.79 Å². The van der Waals surface area contributed by atoms with Gasteiger partial charge in [-0.15, -0.1) is 0 Å². The summed E-state index contributed by atoms with van der Waals surface area (Å²) >= 11 is 0. The summed E-state index contributed by atoms with van der Waals surface area (Å²) in [6.07, 6.45) is -0.125. The van der Waals surface area contributed by atoms with Crippen LogP contribution in [-0.4, -0.2) is 50.4 Å². The van der Waals surface area contributed by atoms with Gasteiger partial charge in [0, 0.05) is 7.11 Å². The Morgan fingerprint density at radius 2 is 2.00 bits per heavy atom. The number of nitrogens with one attached hydrogen (secondary N) is 1. The van der Waals surface area contributed by atoms with Crippen LogP contribution in [0.3, 0.4) is 0 Å². The molecule has 1 unspecified atom stereocenters. The van der Waals surface area contributed by atoms with Crippen LogP contribution in [0.5, 0.6) is 0 Å². The topological polar surface area (TPSA) is 110 Å². The summed E-state index contributed by atoms with van der Waals surface area (Å²) in [4.78, 5) is 23.4. The molecule has 0 heterocycles. The molecule has 2 N–H and O–H groups in total. The molecule has 0 aliphatic carbocycles. The fourth-order valence-corrected chi connectivity index (χ4v) is 2.94. The number of carboxylic acids is 1. The summed E-state index contributed by atoms with van der Waals surface area (Å²) in [5.41, 5.74) is -1.05. The van der Waals surface area contributed by atoms with Crippen LogP contribution in [0.1, 0.15) is 19.4 Å². The van der Waals surface area contributed by atoms with Crippen molar-refractivity contribution in [3.05, 3.63) is 29.8 Å². The second-order valence-electron chi connectivity index (χ2n) is 5.35. The van der Waals surface area contributed by atoms with Crippen molar-refractivity contribution in [1.82, 2.24) is 5.32 Å². The molecule has 128 valence electrons. The predicted octanol–water partition coefficient (Wildman–Crippen LogP) is 0.629. The molecular weight excluding hydrogens is 322 g/mol. The lowest BCUT2D eigenvalue weighted by Crippen LogP contribution is -2.55. The van der Waals surface area contributed by atoms with Gasteiger partial charge in [0.1, 0.15) is 0 Å². The molecule has 0 bridgehead atoms. The highest BCUT2D eigenvalue weighted by molar-refractivity contribution is 7.91. The van der Waals surface area contributed by atoms with Crippen LogP contribution in [0.25, 0.3) is 0 Å². The zero-order valence-electron chi connectivity index (χ0n) is 13.3. The van der Waals surface area contributed by atoms with Crippen LogP contribution in [0, 0.1) is 0 Å². The van der Waals surface area contributed by atoms with Gasteiger partial charge in [0.2, 0.25) is 5.91 Å².